The molecule has 2 atom stereocenters. The molecule has 7 nitrogen and oxygen atoms in total. The van der Waals surface area contributed by atoms with Gasteiger partial charge in [-0.2, -0.15) is 0 Å². The molecule has 1 aliphatic rings. The molecule has 2 aromatic carbocycles. The first-order valence-corrected chi connectivity index (χ1v) is 14.2. The Morgan fingerprint density at radius 3 is 2.39 bits per heavy atom. The number of methoxy groups -OCH3 is 1. The minimum atomic E-state index is -0.544. The van der Waals surface area contributed by atoms with E-state index in [0.29, 0.717) is 21.6 Å². The van der Waals surface area contributed by atoms with Crippen molar-refractivity contribution >= 4 is 46.2 Å². The minimum Gasteiger partial charge on any atom is -0.494 e. The van der Waals surface area contributed by atoms with Gasteiger partial charge in [0.15, 0.2) is 5.11 Å². The normalized spacial score (nSPS) is 17.0. The second-order valence-corrected chi connectivity index (χ2v) is 12.0. The zero-order valence-electron chi connectivity index (χ0n) is 24.0. The maximum atomic E-state index is 12.7. The van der Waals surface area contributed by atoms with Crippen molar-refractivity contribution in [2.45, 2.75) is 46.7 Å². The van der Waals surface area contributed by atoms with Crippen molar-refractivity contribution in [1.82, 2.24) is 14.9 Å². The summed E-state index contributed by atoms with van der Waals surface area (Å²) < 4.78 is 7.96. The number of anilines is 2. The van der Waals surface area contributed by atoms with Gasteiger partial charge in [-0.25, -0.2) is 0 Å². The first-order valence-electron chi connectivity index (χ1n) is 13.4. The van der Waals surface area contributed by atoms with Crippen molar-refractivity contribution < 1.29 is 9.53 Å². The highest BCUT2D eigenvalue weighted by atomic mass is 35.5. The molecule has 0 bridgehead atoms. The van der Waals surface area contributed by atoms with Crippen LogP contribution in [-0.4, -0.2) is 27.7 Å². The third kappa shape index (κ3) is 5.54. The van der Waals surface area contributed by atoms with Crippen LogP contribution in [0.25, 0.3) is 5.69 Å². The van der Waals surface area contributed by atoms with Crippen molar-refractivity contribution in [2.24, 2.45) is 5.41 Å². The van der Waals surface area contributed by atoms with E-state index in [0.717, 1.165) is 34.0 Å². The molecule has 1 saturated heterocycles. The highest BCUT2D eigenvalue weighted by Gasteiger charge is 2.42. The van der Waals surface area contributed by atoms with Crippen LogP contribution in [0.3, 0.4) is 0 Å². The average Bonchev–Trinajstić information content (AvgIpc) is 3.44. The molecule has 0 aliphatic carbocycles. The number of hydrogen-bond acceptors (Lipinski definition) is 4. The zero-order valence-corrected chi connectivity index (χ0v) is 25.6. The molecule has 9 heteroatoms. The lowest BCUT2D eigenvalue weighted by molar-refractivity contribution is -0.123. The van der Waals surface area contributed by atoms with Crippen LogP contribution in [0.5, 0.6) is 5.75 Å². The molecule has 212 valence electrons. The maximum Gasteiger partial charge on any atom is 0.229 e. The molecule has 0 radical (unpaired) electrons. The number of amides is 1. The van der Waals surface area contributed by atoms with Gasteiger partial charge in [0.25, 0.3) is 0 Å². The first-order chi connectivity index (χ1) is 19.5. The zero-order chi connectivity index (χ0) is 29.5. The number of benzene rings is 2. The van der Waals surface area contributed by atoms with Gasteiger partial charge in [0.2, 0.25) is 5.91 Å². The van der Waals surface area contributed by atoms with Crippen LogP contribution in [0, 0.1) is 19.3 Å². The smallest absolute Gasteiger partial charge is 0.229 e. The molecule has 2 aromatic heterocycles. The van der Waals surface area contributed by atoms with Gasteiger partial charge < -0.3 is 24.8 Å². The Bertz CT molecular complexity index is 1600. The third-order valence-electron chi connectivity index (χ3n) is 7.36. The van der Waals surface area contributed by atoms with Gasteiger partial charge in [-0.05, 0) is 86.2 Å². The first kappa shape index (κ1) is 28.6. The second kappa shape index (κ2) is 11.2. The lowest BCUT2D eigenvalue weighted by Gasteiger charge is -2.29. The van der Waals surface area contributed by atoms with E-state index in [9.17, 15) is 4.79 Å². The van der Waals surface area contributed by atoms with E-state index in [1.165, 1.54) is 0 Å². The summed E-state index contributed by atoms with van der Waals surface area (Å²) in [7, 11) is 1.60. The van der Waals surface area contributed by atoms with Gasteiger partial charge >= 0.3 is 0 Å². The van der Waals surface area contributed by atoms with Gasteiger partial charge in [-0.3, -0.25) is 9.78 Å². The van der Waals surface area contributed by atoms with Crippen molar-refractivity contribution in [2.75, 3.05) is 17.3 Å². The van der Waals surface area contributed by atoms with Gasteiger partial charge in [-0.15, -0.1) is 0 Å². The number of rotatable bonds is 6. The summed E-state index contributed by atoms with van der Waals surface area (Å²) in [6.07, 6.45) is 1.80. The molecule has 0 unspecified atom stereocenters. The van der Waals surface area contributed by atoms with Crippen LogP contribution < -0.4 is 20.3 Å². The molecule has 3 heterocycles. The van der Waals surface area contributed by atoms with Gasteiger partial charge in [0.1, 0.15) is 5.75 Å². The molecule has 0 spiro atoms. The Labute approximate surface area is 251 Å². The van der Waals surface area contributed by atoms with Crippen molar-refractivity contribution in [1.29, 1.82) is 0 Å². The SMILES string of the molecule is COc1cc(N2C(=S)N[C@@H](c3ccccn3)[C@@H]2c2cc(C)n(-c3ccc(Cl)cc3)c2C)ccc1NC(=O)C(C)(C)C. The summed E-state index contributed by atoms with van der Waals surface area (Å²) >= 11 is 12.1. The molecule has 5 rings (SSSR count). The highest BCUT2D eigenvalue weighted by molar-refractivity contribution is 7.80. The lowest BCUT2D eigenvalue weighted by atomic mass is 9.95. The molecule has 1 fully saturated rings. The largest absolute Gasteiger partial charge is 0.494 e. The quantitative estimate of drug-likeness (QED) is 0.230. The number of nitrogens with one attached hydrogen (secondary N) is 2. The van der Waals surface area contributed by atoms with Gasteiger partial charge in [0, 0.05) is 45.5 Å². The standard InChI is InChI=1S/C32H34ClN5O2S/c1-19-17-24(20(2)37(19)22-12-10-21(33)11-13-22)29-28(26-9-7-8-16-34-26)36-31(41)38(29)23-14-15-25(27(18-23)40-6)35-30(39)32(3,4)5/h7-18,28-29H,1-6H3,(H,35,39)(H,36,41)/t28-,29-/m0/s1. The highest BCUT2D eigenvalue weighted by Crippen LogP contribution is 2.45. The fourth-order valence-electron chi connectivity index (χ4n) is 5.27. The number of carbonyl (C=O) groups excluding carboxylic acids is 1. The lowest BCUT2D eigenvalue weighted by Crippen LogP contribution is -2.30. The summed E-state index contributed by atoms with van der Waals surface area (Å²) in [4.78, 5) is 19.5. The number of carbonyl (C=O) groups is 1. The topological polar surface area (TPSA) is 71.4 Å². The third-order valence-corrected chi connectivity index (χ3v) is 7.93. The van der Waals surface area contributed by atoms with Crippen LogP contribution in [-0.2, 0) is 4.79 Å². The number of aromatic nitrogens is 2. The predicted octanol–water partition coefficient (Wildman–Crippen LogP) is 7.31. The summed E-state index contributed by atoms with van der Waals surface area (Å²) in [6, 6.07) is 21.3. The number of halogens is 1. The van der Waals surface area contributed by atoms with E-state index < -0.39 is 5.41 Å². The number of thiocarbonyl (C=S) groups is 1. The fraction of sp³-hybridized carbons (Fsp3) is 0.281. The van der Waals surface area contributed by atoms with E-state index in [1.807, 2.05) is 81.4 Å². The number of nitrogens with zero attached hydrogens (tertiary/aromatic N) is 3. The summed E-state index contributed by atoms with van der Waals surface area (Å²) in [5.74, 6) is 0.458. The van der Waals surface area contributed by atoms with Gasteiger partial charge in [-0.1, -0.05) is 38.4 Å². The predicted molar refractivity (Wildman–Crippen MR) is 169 cm³/mol. The number of pyridine rings is 1. The van der Waals surface area contributed by atoms with Crippen molar-refractivity contribution in [3.8, 4) is 11.4 Å². The average molecular weight is 588 g/mol. The van der Waals surface area contributed by atoms with Crippen LogP contribution in [0.2, 0.25) is 5.02 Å². The summed E-state index contributed by atoms with van der Waals surface area (Å²) in [5, 5.41) is 7.80. The molecular formula is C32H34ClN5O2S. The molecular weight excluding hydrogens is 554 g/mol. The van der Waals surface area contributed by atoms with E-state index >= 15 is 0 Å². The number of hydrogen-bond donors (Lipinski definition) is 2. The second-order valence-electron chi connectivity index (χ2n) is 11.2. The van der Waals surface area contributed by atoms with Crippen LogP contribution in [0.4, 0.5) is 11.4 Å². The monoisotopic (exact) mass is 587 g/mol. The van der Waals surface area contributed by atoms with Crippen LogP contribution >= 0.6 is 23.8 Å². The van der Waals surface area contributed by atoms with E-state index in [-0.39, 0.29) is 18.0 Å². The Morgan fingerprint density at radius 1 is 1.05 bits per heavy atom. The summed E-state index contributed by atoms with van der Waals surface area (Å²) in [6.45, 7) is 9.85. The summed E-state index contributed by atoms with van der Waals surface area (Å²) in [5.41, 5.74) is 6.12. The number of aryl methyl sites for hydroxylation is 1. The Morgan fingerprint density at radius 2 is 1.76 bits per heavy atom. The van der Waals surface area contributed by atoms with Crippen LogP contribution in [0.15, 0.2) is 72.9 Å². The van der Waals surface area contributed by atoms with Crippen molar-refractivity contribution in [3.63, 3.8) is 0 Å². The maximum absolute atomic E-state index is 12.7. The van der Waals surface area contributed by atoms with Crippen LogP contribution in [0.1, 0.15) is 55.5 Å². The molecule has 1 aliphatic heterocycles. The van der Waals surface area contributed by atoms with E-state index in [2.05, 4.69) is 45.0 Å². The van der Waals surface area contributed by atoms with E-state index in [4.69, 9.17) is 28.6 Å². The Kier molecular flexibility index (Phi) is 7.81. The fourth-order valence-corrected chi connectivity index (χ4v) is 5.74. The Balaban J connectivity index is 1.62. The Hall–Kier alpha value is -3.88. The number of ether oxygens (including phenoxy) is 1. The molecule has 2 N–H and O–H groups in total. The van der Waals surface area contributed by atoms with Crippen molar-refractivity contribution in [3.05, 3.63) is 101 Å². The molecule has 0 saturated carbocycles. The molecule has 4 aromatic rings. The molecule has 1 amide bonds. The van der Waals surface area contributed by atoms with E-state index in [1.54, 1.807) is 13.3 Å². The van der Waals surface area contributed by atoms with Gasteiger partial charge in [0.05, 0.1) is 30.6 Å². The molecule has 41 heavy (non-hydrogen) atoms. The minimum absolute atomic E-state index is 0.0929.